The highest BCUT2D eigenvalue weighted by Crippen LogP contribution is 2.27. The minimum absolute atomic E-state index is 0.00827. The van der Waals surface area contributed by atoms with Gasteiger partial charge in [-0.2, -0.15) is 0 Å². The number of aromatic nitrogens is 2. The topological polar surface area (TPSA) is 61.2 Å². The van der Waals surface area contributed by atoms with Gasteiger partial charge in [0.1, 0.15) is 5.82 Å². The lowest BCUT2D eigenvalue weighted by Gasteiger charge is -2.09. The summed E-state index contributed by atoms with van der Waals surface area (Å²) in [6.07, 6.45) is 3.67. The molecule has 0 saturated heterocycles. The number of imidazole rings is 1. The van der Waals surface area contributed by atoms with E-state index in [1.165, 1.54) is 0 Å². The van der Waals surface area contributed by atoms with Crippen LogP contribution in [0, 0.1) is 11.6 Å². The number of aryl methyl sites for hydroxylation is 1. The predicted molar refractivity (Wildman–Crippen MR) is 71.8 cm³/mol. The first kappa shape index (κ1) is 15.7. The van der Waals surface area contributed by atoms with Crippen molar-refractivity contribution in [2.45, 2.75) is 11.3 Å². The maximum Gasteiger partial charge on any atom is 0.261 e. The average Bonchev–Trinajstić information content (AvgIpc) is 2.77. The Kier molecular flexibility index (Phi) is 4.48. The average molecular weight is 337 g/mol. The van der Waals surface area contributed by atoms with Crippen molar-refractivity contribution in [1.29, 1.82) is 0 Å². The van der Waals surface area contributed by atoms with Crippen LogP contribution in [0.4, 0.5) is 8.78 Å². The molecule has 1 heterocycles. The first-order chi connectivity index (χ1) is 9.79. The third-order valence-electron chi connectivity index (χ3n) is 2.75. The summed E-state index contributed by atoms with van der Waals surface area (Å²) < 4.78 is 56.2. The molecule has 0 unspecified atom stereocenters. The van der Waals surface area contributed by atoms with Crippen LogP contribution in [0.5, 0.6) is 5.75 Å². The van der Waals surface area contributed by atoms with Crippen LogP contribution in [0.1, 0.15) is 5.82 Å². The van der Waals surface area contributed by atoms with Crippen molar-refractivity contribution in [3.63, 3.8) is 0 Å². The number of hydrogen-bond donors (Lipinski definition) is 0. The van der Waals surface area contributed by atoms with Gasteiger partial charge in [0.25, 0.3) is 9.05 Å². The van der Waals surface area contributed by atoms with E-state index in [4.69, 9.17) is 15.4 Å². The van der Waals surface area contributed by atoms with E-state index in [1.807, 2.05) is 0 Å². The van der Waals surface area contributed by atoms with E-state index in [0.29, 0.717) is 24.4 Å². The molecule has 1 aromatic heterocycles. The Labute approximate surface area is 124 Å². The van der Waals surface area contributed by atoms with E-state index in [9.17, 15) is 17.2 Å². The Balaban J connectivity index is 2.12. The van der Waals surface area contributed by atoms with Crippen LogP contribution in [0.2, 0.25) is 0 Å². The lowest BCUT2D eigenvalue weighted by Crippen LogP contribution is -2.08. The number of rotatable bonds is 5. The molecule has 0 N–H and O–H groups in total. The summed E-state index contributed by atoms with van der Waals surface area (Å²) in [5, 5.41) is 0. The maximum atomic E-state index is 13.7. The van der Waals surface area contributed by atoms with E-state index >= 15 is 0 Å². The molecule has 114 valence electrons. The van der Waals surface area contributed by atoms with Crippen molar-refractivity contribution in [3.8, 4) is 5.75 Å². The van der Waals surface area contributed by atoms with Crippen molar-refractivity contribution in [2.75, 3.05) is 6.61 Å². The van der Waals surface area contributed by atoms with Crippen LogP contribution in [0.3, 0.4) is 0 Å². The van der Waals surface area contributed by atoms with Crippen molar-refractivity contribution < 1.29 is 21.9 Å². The lowest BCUT2D eigenvalue weighted by atomic mass is 10.3. The van der Waals surface area contributed by atoms with Gasteiger partial charge in [0.2, 0.25) is 0 Å². The van der Waals surface area contributed by atoms with Crippen LogP contribution in [-0.4, -0.2) is 24.6 Å². The van der Waals surface area contributed by atoms with Crippen LogP contribution in [0.15, 0.2) is 29.4 Å². The Hall–Kier alpha value is -1.67. The van der Waals surface area contributed by atoms with E-state index in [2.05, 4.69) is 4.98 Å². The fourth-order valence-electron chi connectivity index (χ4n) is 1.70. The van der Waals surface area contributed by atoms with Gasteiger partial charge >= 0.3 is 0 Å². The Morgan fingerprint density at radius 3 is 2.43 bits per heavy atom. The zero-order valence-electron chi connectivity index (χ0n) is 10.9. The highest BCUT2D eigenvalue weighted by atomic mass is 35.7. The first-order valence-corrected chi connectivity index (χ1v) is 8.12. The molecule has 0 saturated carbocycles. The van der Waals surface area contributed by atoms with E-state index < -0.39 is 31.3 Å². The summed E-state index contributed by atoms with van der Waals surface area (Å²) in [5.74, 6) is -2.22. The second-order valence-corrected chi connectivity index (χ2v) is 6.77. The van der Waals surface area contributed by atoms with E-state index in [-0.39, 0.29) is 6.61 Å². The molecule has 21 heavy (non-hydrogen) atoms. The Morgan fingerprint density at radius 2 is 1.95 bits per heavy atom. The molecule has 1 aromatic carbocycles. The molecule has 2 rings (SSSR count). The summed E-state index contributed by atoms with van der Waals surface area (Å²) in [6, 6.07) is 1.23. The highest BCUT2D eigenvalue weighted by Gasteiger charge is 2.19. The van der Waals surface area contributed by atoms with Gasteiger partial charge < -0.3 is 9.30 Å². The SMILES string of the molecule is Cn1ccnc1CCOc1c(F)cc(S(=O)(=O)Cl)cc1F. The highest BCUT2D eigenvalue weighted by molar-refractivity contribution is 8.13. The molecule has 0 spiro atoms. The summed E-state index contributed by atoms with van der Waals surface area (Å²) in [4.78, 5) is 3.38. The number of halogens is 3. The molecule has 0 fully saturated rings. The third kappa shape index (κ3) is 3.70. The normalized spacial score (nSPS) is 11.6. The third-order valence-corrected chi connectivity index (χ3v) is 4.08. The van der Waals surface area contributed by atoms with Crippen LogP contribution >= 0.6 is 10.7 Å². The minimum atomic E-state index is -4.20. The molecule has 2 aromatic rings. The van der Waals surface area contributed by atoms with Gasteiger partial charge in [0.15, 0.2) is 17.4 Å². The van der Waals surface area contributed by atoms with Gasteiger partial charge in [-0.3, -0.25) is 0 Å². The monoisotopic (exact) mass is 336 g/mol. The molecule has 0 aliphatic rings. The number of hydrogen-bond acceptors (Lipinski definition) is 4. The summed E-state index contributed by atoms with van der Waals surface area (Å²) in [7, 11) is 2.61. The lowest BCUT2D eigenvalue weighted by molar-refractivity contribution is 0.284. The van der Waals surface area contributed by atoms with Gasteiger partial charge in [-0.15, -0.1) is 0 Å². The van der Waals surface area contributed by atoms with Crippen molar-refractivity contribution >= 4 is 19.7 Å². The van der Waals surface area contributed by atoms with Gasteiger partial charge in [-0.1, -0.05) is 0 Å². The fraction of sp³-hybridized carbons (Fsp3) is 0.250. The predicted octanol–water partition coefficient (Wildman–Crippen LogP) is 2.25. The molecule has 0 aliphatic heterocycles. The second-order valence-electron chi connectivity index (χ2n) is 4.21. The van der Waals surface area contributed by atoms with Gasteiger partial charge in [-0.05, 0) is 12.1 Å². The zero-order valence-corrected chi connectivity index (χ0v) is 12.5. The van der Waals surface area contributed by atoms with Crippen LogP contribution in [-0.2, 0) is 22.5 Å². The number of ether oxygens (including phenoxy) is 1. The summed E-state index contributed by atoms with van der Waals surface area (Å²) >= 11 is 0. The summed E-state index contributed by atoms with van der Waals surface area (Å²) in [6.45, 7) is -0.00827. The van der Waals surface area contributed by atoms with Crippen molar-refractivity contribution in [3.05, 3.63) is 42.0 Å². The van der Waals surface area contributed by atoms with E-state index in [0.717, 1.165) is 0 Å². The summed E-state index contributed by atoms with van der Waals surface area (Å²) in [5.41, 5.74) is 0. The molecule has 0 atom stereocenters. The van der Waals surface area contributed by atoms with Crippen LogP contribution in [0.25, 0.3) is 0 Å². The molecule has 0 amide bonds. The molecule has 9 heteroatoms. The van der Waals surface area contributed by atoms with Crippen molar-refractivity contribution in [2.24, 2.45) is 7.05 Å². The van der Waals surface area contributed by atoms with E-state index in [1.54, 1.807) is 24.0 Å². The maximum absolute atomic E-state index is 13.7. The molecule has 0 aliphatic carbocycles. The number of nitrogens with zero attached hydrogens (tertiary/aromatic N) is 2. The molecular weight excluding hydrogens is 326 g/mol. The minimum Gasteiger partial charge on any atom is -0.487 e. The Bertz CT molecular complexity index is 739. The largest absolute Gasteiger partial charge is 0.487 e. The molecular formula is C12H11ClF2N2O3S. The second kappa shape index (κ2) is 5.98. The van der Waals surface area contributed by atoms with Crippen LogP contribution < -0.4 is 4.74 Å². The standard InChI is InChI=1S/C12H11ClF2N2O3S/c1-17-4-3-16-11(17)2-5-20-12-9(14)6-8(7-10(12)15)21(13,18)19/h3-4,6-7H,2,5H2,1H3. The van der Waals surface area contributed by atoms with Crippen molar-refractivity contribution in [1.82, 2.24) is 9.55 Å². The Morgan fingerprint density at radius 1 is 1.33 bits per heavy atom. The van der Waals surface area contributed by atoms with Gasteiger partial charge in [0.05, 0.1) is 11.5 Å². The number of benzene rings is 1. The quantitative estimate of drug-likeness (QED) is 0.786. The smallest absolute Gasteiger partial charge is 0.261 e. The zero-order chi connectivity index (χ0) is 15.6. The van der Waals surface area contributed by atoms with Gasteiger partial charge in [0, 0.05) is 36.5 Å². The fourth-order valence-corrected chi connectivity index (χ4v) is 2.45. The molecule has 0 bridgehead atoms. The first-order valence-electron chi connectivity index (χ1n) is 5.81. The molecule has 0 radical (unpaired) electrons. The van der Waals surface area contributed by atoms with Gasteiger partial charge in [-0.25, -0.2) is 22.2 Å². The molecule has 5 nitrogen and oxygen atoms in total.